The van der Waals surface area contributed by atoms with Crippen molar-refractivity contribution in [3.8, 4) is 17.1 Å². The number of rotatable bonds is 13. The molecule has 212 valence electrons. The minimum absolute atomic E-state index is 0.101. The maximum atomic E-state index is 13.4. The lowest BCUT2D eigenvalue weighted by molar-refractivity contribution is 0.305. The number of hydrogen-bond donors (Lipinski definition) is 2. The molecule has 0 atom stereocenters. The maximum absolute atomic E-state index is 13.4. The molecule has 0 amide bonds. The standard InChI is InChI=1S/C30H30FN5O4S/c1-2-13-41(37,38)14-12-32-18-26-10-11-28(40-26)22-16-27-29(33-17-22)34-20-35-30(27)36-24-6-8-25(9-7-24)39-19-21-4-3-5-23(31)15-21/h3-11,15-17,20,32H,2,12-14,18-19H2,1H3,(H,33,34,35,36). The Bertz CT molecular complexity index is 1730. The Labute approximate surface area is 237 Å². The smallest absolute Gasteiger partial charge is 0.164 e. The number of sulfone groups is 1. The number of anilines is 2. The van der Waals surface area contributed by atoms with Crippen molar-refractivity contribution in [3.63, 3.8) is 0 Å². The van der Waals surface area contributed by atoms with E-state index in [2.05, 4.69) is 25.6 Å². The number of ether oxygens (including phenoxy) is 1. The van der Waals surface area contributed by atoms with Crippen molar-refractivity contribution in [3.05, 3.63) is 96.4 Å². The molecule has 0 radical (unpaired) electrons. The van der Waals surface area contributed by atoms with Crippen molar-refractivity contribution >= 4 is 32.4 Å². The first kappa shape index (κ1) is 28.2. The molecule has 5 rings (SSSR count). The number of hydrogen-bond acceptors (Lipinski definition) is 9. The first-order chi connectivity index (χ1) is 19.9. The summed E-state index contributed by atoms with van der Waals surface area (Å²) in [7, 11) is -3.03. The predicted molar refractivity (Wildman–Crippen MR) is 156 cm³/mol. The van der Waals surface area contributed by atoms with Gasteiger partial charge in [0, 0.05) is 29.7 Å². The third kappa shape index (κ3) is 7.65. The highest BCUT2D eigenvalue weighted by Gasteiger charge is 2.12. The predicted octanol–water partition coefficient (Wildman–Crippen LogP) is 5.66. The summed E-state index contributed by atoms with van der Waals surface area (Å²) < 4.78 is 48.9. The van der Waals surface area contributed by atoms with E-state index in [-0.39, 0.29) is 23.9 Å². The Morgan fingerprint density at radius 1 is 0.976 bits per heavy atom. The lowest BCUT2D eigenvalue weighted by Crippen LogP contribution is -2.23. The molecule has 11 heteroatoms. The van der Waals surface area contributed by atoms with Gasteiger partial charge in [0.2, 0.25) is 0 Å². The molecular weight excluding hydrogens is 545 g/mol. The summed E-state index contributed by atoms with van der Waals surface area (Å²) in [4.78, 5) is 13.2. The molecule has 0 fully saturated rings. The van der Waals surface area contributed by atoms with Crippen LogP contribution in [0.1, 0.15) is 24.7 Å². The van der Waals surface area contributed by atoms with Crippen molar-refractivity contribution in [2.45, 2.75) is 26.5 Å². The van der Waals surface area contributed by atoms with Crippen LogP contribution < -0.4 is 15.4 Å². The third-order valence-corrected chi connectivity index (χ3v) is 8.11. The molecule has 3 aromatic heterocycles. The van der Waals surface area contributed by atoms with Gasteiger partial charge in [0.25, 0.3) is 0 Å². The van der Waals surface area contributed by atoms with Crippen LogP contribution in [0.15, 0.2) is 83.7 Å². The van der Waals surface area contributed by atoms with E-state index in [1.165, 1.54) is 18.5 Å². The zero-order chi connectivity index (χ0) is 28.7. The molecule has 0 aliphatic rings. The van der Waals surface area contributed by atoms with Crippen molar-refractivity contribution < 1.29 is 22.0 Å². The molecule has 0 aliphatic carbocycles. The molecule has 0 spiro atoms. The van der Waals surface area contributed by atoms with Gasteiger partial charge in [-0.3, -0.25) is 0 Å². The van der Waals surface area contributed by atoms with E-state index in [4.69, 9.17) is 9.15 Å². The van der Waals surface area contributed by atoms with Gasteiger partial charge >= 0.3 is 0 Å². The molecule has 0 aliphatic heterocycles. The monoisotopic (exact) mass is 575 g/mol. The number of furan rings is 1. The lowest BCUT2D eigenvalue weighted by Gasteiger charge is -2.10. The molecule has 3 heterocycles. The minimum atomic E-state index is -3.03. The Balaban J connectivity index is 1.23. The summed E-state index contributed by atoms with van der Waals surface area (Å²) in [6, 6.07) is 19.3. The van der Waals surface area contributed by atoms with Gasteiger partial charge in [-0.05, 0) is 66.6 Å². The van der Waals surface area contributed by atoms with E-state index in [0.717, 1.165) is 16.8 Å². The second kappa shape index (κ2) is 12.9. The molecule has 2 aromatic carbocycles. The number of aromatic nitrogens is 3. The van der Waals surface area contributed by atoms with E-state index >= 15 is 0 Å². The molecule has 9 nitrogen and oxygen atoms in total. The van der Waals surface area contributed by atoms with Crippen LogP contribution in [0.5, 0.6) is 5.75 Å². The van der Waals surface area contributed by atoms with E-state index in [1.54, 1.807) is 12.3 Å². The fourth-order valence-electron chi connectivity index (χ4n) is 4.22. The summed E-state index contributed by atoms with van der Waals surface area (Å²) in [5.74, 6) is 2.56. The number of benzene rings is 2. The molecule has 5 aromatic rings. The van der Waals surface area contributed by atoms with Crippen molar-refractivity contribution in [1.29, 1.82) is 0 Å². The largest absolute Gasteiger partial charge is 0.489 e. The quantitative estimate of drug-likeness (QED) is 0.171. The van der Waals surface area contributed by atoms with Crippen molar-refractivity contribution in [2.75, 3.05) is 23.4 Å². The lowest BCUT2D eigenvalue weighted by atomic mass is 10.2. The van der Waals surface area contributed by atoms with Crippen LogP contribution in [0.4, 0.5) is 15.9 Å². The summed E-state index contributed by atoms with van der Waals surface area (Å²) in [5.41, 5.74) is 2.83. The Hall–Kier alpha value is -4.35. The Morgan fingerprint density at radius 2 is 1.83 bits per heavy atom. The SMILES string of the molecule is CCCS(=O)(=O)CCNCc1ccc(-c2cnc3ncnc(Nc4ccc(OCc5cccc(F)c5)cc4)c3c2)o1. The van der Waals surface area contributed by atoms with Crippen LogP contribution in [-0.2, 0) is 23.0 Å². The summed E-state index contributed by atoms with van der Waals surface area (Å²) in [6.45, 7) is 2.90. The van der Waals surface area contributed by atoms with E-state index in [1.807, 2.05) is 55.5 Å². The Morgan fingerprint density at radius 3 is 2.63 bits per heavy atom. The number of nitrogens with zero attached hydrogens (tertiary/aromatic N) is 3. The van der Waals surface area contributed by atoms with E-state index < -0.39 is 9.84 Å². The number of halogens is 1. The van der Waals surface area contributed by atoms with Crippen LogP contribution in [0, 0.1) is 5.82 Å². The second-order valence-corrected chi connectivity index (χ2v) is 11.8. The van der Waals surface area contributed by atoms with Gasteiger partial charge in [0.05, 0.1) is 17.7 Å². The van der Waals surface area contributed by atoms with Gasteiger partial charge in [-0.1, -0.05) is 19.1 Å². The maximum Gasteiger partial charge on any atom is 0.164 e. The first-order valence-corrected chi connectivity index (χ1v) is 15.1. The molecule has 0 bridgehead atoms. The first-order valence-electron chi connectivity index (χ1n) is 13.2. The zero-order valence-electron chi connectivity index (χ0n) is 22.5. The molecule has 0 unspecified atom stereocenters. The van der Waals surface area contributed by atoms with Crippen LogP contribution in [0.2, 0.25) is 0 Å². The van der Waals surface area contributed by atoms with Gasteiger partial charge < -0.3 is 19.8 Å². The molecule has 0 saturated carbocycles. The summed E-state index contributed by atoms with van der Waals surface area (Å²) in [5, 5.41) is 7.15. The summed E-state index contributed by atoms with van der Waals surface area (Å²) in [6.07, 6.45) is 3.76. The third-order valence-electron chi connectivity index (χ3n) is 6.25. The highest BCUT2D eigenvalue weighted by Crippen LogP contribution is 2.29. The van der Waals surface area contributed by atoms with Crippen LogP contribution in [-0.4, -0.2) is 41.4 Å². The normalized spacial score (nSPS) is 11.6. The average Bonchev–Trinajstić information content (AvgIpc) is 3.44. The highest BCUT2D eigenvalue weighted by molar-refractivity contribution is 7.91. The van der Waals surface area contributed by atoms with E-state index in [9.17, 15) is 12.8 Å². The van der Waals surface area contributed by atoms with Gasteiger partial charge in [0.1, 0.15) is 41.8 Å². The van der Waals surface area contributed by atoms with Crippen LogP contribution in [0.25, 0.3) is 22.4 Å². The molecular formula is C30H30FN5O4S. The topological polar surface area (TPSA) is 119 Å². The second-order valence-electron chi connectivity index (χ2n) is 9.48. The number of nitrogens with one attached hydrogen (secondary N) is 2. The van der Waals surface area contributed by atoms with Gasteiger partial charge in [-0.2, -0.15) is 0 Å². The summed E-state index contributed by atoms with van der Waals surface area (Å²) >= 11 is 0. The fourth-order valence-corrected chi connectivity index (χ4v) is 5.51. The van der Waals surface area contributed by atoms with Crippen LogP contribution in [0.3, 0.4) is 0 Å². The van der Waals surface area contributed by atoms with E-state index in [0.29, 0.717) is 53.6 Å². The van der Waals surface area contributed by atoms with Crippen LogP contribution >= 0.6 is 0 Å². The number of fused-ring (bicyclic) bond motifs is 1. The zero-order valence-corrected chi connectivity index (χ0v) is 23.3. The Kier molecular flexibility index (Phi) is 8.85. The average molecular weight is 576 g/mol. The van der Waals surface area contributed by atoms with Gasteiger partial charge in [-0.15, -0.1) is 0 Å². The molecule has 41 heavy (non-hydrogen) atoms. The number of pyridine rings is 1. The highest BCUT2D eigenvalue weighted by atomic mass is 32.2. The van der Waals surface area contributed by atoms with Gasteiger partial charge in [-0.25, -0.2) is 27.8 Å². The molecule has 2 N–H and O–H groups in total. The van der Waals surface area contributed by atoms with Gasteiger partial charge in [0.15, 0.2) is 15.5 Å². The minimum Gasteiger partial charge on any atom is -0.489 e. The van der Waals surface area contributed by atoms with Crippen molar-refractivity contribution in [2.24, 2.45) is 0 Å². The molecule has 0 saturated heterocycles. The van der Waals surface area contributed by atoms with Crippen molar-refractivity contribution in [1.82, 2.24) is 20.3 Å². The fraction of sp³-hybridized carbons (Fsp3) is 0.233.